The van der Waals surface area contributed by atoms with Gasteiger partial charge in [0.05, 0.1) is 19.8 Å². The molecule has 0 aromatic heterocycles. The van der Waals surface area contributed by atoms with E-state index in [1.54, 1.807) is 0 Å². The van der Waals surface area contributed by atoms with Gasteiger partial charge in [0.25, 0.3) is 0 Å². The SMILES string of the molecule is CCOP1OCC(CC)CO1. The van der Waals surface area contributed by atoms with Crippen molar-refractivity contribution >= 4 is 8.60 Å². The fraction of sp³-hybridized carbons (Fsp3) is 1.00. The molecule has 0 spiro atoms. The van der Waals surface area contributed by atoms with Crippen molar-refractivity contribution in [3.63, 3.8) is 0 Å². The maximum atomic E-state index is 5.34. The molecule has 1 aliphatic rings. The monoisotopic (exact) mass is 178 g/mol. The molecular weight excluding hydrogens is 163 g/mol. The van der Waals surface area contributed by atoms with Crippen molar-refractivity contribution < 1.29 is 13.6 Å². The lowest BCUT2D eigenvalue weighted by Crippen LogP contribution is -2.19. The van der Waals surface area contributed by atoms with Gasteiger partial charge in [-0.2, -0.15) is 0 Å². The summed E-state index contributed by atoms with van der Waals surface area (Å²) in [6.45, 7) is 6.35. The largest absolute Gasteiger partial charge is 0.332 e. The normalized spacial score (nSPS) is 32.2. The van der Waals surface area contributed by atoms with E-state index in [2.05, 4.69) is 6.92 Å². The summed E-state index contributed by atoms with van der Waals surface area (Å²) >= 11 is 0. The smallest absolute Gasteiger partial charge is 0.313 e. The summed E-state index contributed by atoms with van der Waals surface area (Å²) in [5, 5.41) is 0. The van der Waals surface area contributed by atoms with E-state index in [0.29, 0.717) is 12.5 Å². The zero-order valence-corrected chi connectivity index (χ0v) is 7.97. The predicted octanol–water partition coefficient (Wildman–Crippen LogP) is 2.32. The van der Waals surface area contributed by atoms with Gasteiger partial charge in [0.15, 0.2) is 0 Å². The van der Waals surface area contributed by atoms with Crippen LogP contribution in [0, 0.1) is 5.92 Å². The molecule has 1 aliphatic heterocycles. The van der Waals surface area contributed by atoms with Crippen LogP contribution in [0.2, 0.25) is 0 Å². The maximum Gasteiger partial charge on any atom is 0.332 e. The summed E-state index contributed by atoms with van der Waals surface area (Å²) in [6.07, 6.45) is 1.12. The summed E-state index contributed by atoms with van der Waals surface area (Å²) in [6, 6.07) is 0. The van der Waals surface area contributed by atoms with Crippen molar-refractivity contribution in [3.05, 3.63) is 0 Å². The van der Waals surface area contributed by atoms with Crippen LogP contribution in [-0.2, 0) is 13.6 Å². The number of rotatable bonds is 3. The zero-order valence-electron chi connectivity index (χ0n) is 7.08. The van der Waals surface area contributed by atoms with Crippen LogP contribution >= 0.6 is 8.60 Å². The van der Waals surface area contributed by atoms with E-state index in [1.807, 2.05) is 6.92 Å². The lowest BCUT2D eigenvalue weighted by atomic mass is 10.1. The molecule has 1 heterocycles. The van der Waals surface area contributed by atoms with Crippen LogP contribution in [0.4, 0.5) is 0 Å². The Hall–Kier alpha value is 0.310. The minimum Gasteiger partial charge on any atom is -0.313 e. The van der Waals surface area contributed by atoms with E-state index in [-0.39, 0.29) is 0 Å². The third kappa shape index (κ3) is 3.04. The highest BCUT2D eigenvalue weighted by Gasteiger charge is 2.22. The Kier molecular flexibility index (Phi) is 4.31. The van der Waals surface area contributed by atoms with Crippen LogP contribution in [-0.4, -0.2) is 19.8 Å². The molecular formula is C7H15O3P. The van der Waals surface area contributed by atoms with Gasteiger partial charge >= 0.3 is 8.60 Å². The summed E-state index contributed by atoms with van der Waals surface area (Å²) < 4.78 is 15.9. The van der Waals surface area contributed by atoms with Crippen LogP contribution in [0.5, 0.6) is 0 Å². The minimum atomic E-state index is -1.00. The van der Waals surface area contributed by atoms with Gasteiger partial charge in [-0.05, 0) is 13.3 Å². The van der Waals surface area contributed by atoms with Crippen LogP contribution in [0.1, 0.15) is 20.3 Å². The van der Waals surface area contributed by atoms with Crippen molar-refractivity contribution in [2.24, 2.45) is 5.92 Å². The Balaban J connectivity index is 2.14. The molecule has 1 rings (SSSR count). The first-order valence-electron chi connectivity index (χ1n) is 4.05. The molecule has 0 aromatic rings. The molecule has 66 valence electrons. The highest BCUT2D eigenvalue weighted by Crippen LogP contribution is 2.43. The second-order valence-corrected chi connectivity index (χ2v) is 3.73. The van der Waals surface area contributed by atoms with Gasteiger partial charge < -0.3 is 13.6 Å². The van der Waals surface area contributed by atoms with Gasteiger partial charge in [0.2, 0.25) is 0 Å². The van der Waals surface area contributed by atoms with Crippen LogP contribution < -0.4 is 0 Å². The Morgan fingerprint density at radius 3 is 2.45 bits per heavy atom. The quantitative estimate of drug-likeness (QED) is 0.621. The highest BCUT2D eigenvalue weighted by atomic mass is 31.2. The first kappa shape index (κ1) is 9.40. The third-order valence-corrected chi connectivity index (χ3v) is 2.83. The number of hydrogen-bond donors (Lipinski definition) is 0. The standard InChI is InChI=1S/C7H15O3P/c1-3-7-5-9-11(8-4-2)10-6-7/h7H,3-6H2,1-2H3. The average Bonchev–Trinajstić information content (AvgIpc) is 2.07. The van der Waals surface area contributed by atoms with Crippen LogP contribution in [0.25, 0.3) is 0 Å². The van der Waals surface area contributed by atoms with Crippen LogP contribution in [0.15, 0.2) is 0 Å². The molecule has 0 aliphatic carbocycles. The summed E-state index contributed by atoms with van der Waals surface area (Å²) in [7, 11) is -1.00. The lowest BCUT2D eigenvalue weighted by Gasteiger charge is -2.26. The van der Waals surface area contributed by atoms with Gasteiger partial charge in [-0.3, -0.25) is 0 Å². The molecule has 0 saturated carbocycles. The molecule has 0 aromatic carbocycles. The highest BCUT2D eigenvalue weighted by molar-refractivity contribution is 7.41. The fourth-order valence-electron chi connectivity index (χ4n) is 0.834. The third-order valence-electron chi connectivity index (χ3n) is 1.64. The van der Waals surface area contributed by atoms with Crippen molar-refractivity contribution in [3.8, 4) is 0 Å². The lowest BCUT2D eigenvalue weighted by molar-refractivity contribution is 0.0730. The van der Waals surface area contributed by atoms with E-state index in [9.17, 15) is 0 Å². The predicted molar refractivity (Wildman–Crippen MR) is 44.2 cm³/mol. The molecule has 0 atom stereocenters. The van der Waals surface area contributed by atoms with Crippen molar-refractivity contribution in [1.29, 1.82) is 0 Å². The molecule has 0 N–H and O–H groups in total. The Bertz CT molecular complexity index is 102. The molecule has 0 amide bonds. The van der Waals surface area contributed by atoms with E-state index in [4.69, 9.17) is 13.6 Å². The Morgan fingerprint density at radius 2 is 2.00 bits per heavy atom. The molecule has 11 heavy (non-hydrogen) atoms. The topological polar surface area (TPSA) is 27.7 Å². The Labute approximate surface area is 69.0 Å². The van der Waals surface area contributed by atoms with E-state index in [0.717, 1.165) is 19.6 Å². The number of hydrogen-bond acceptors (Lipinski definition) is 3. The second-order valence-electron chi connectivity index (χ2n) is 2.51. The van der Waals surface area contributed by atoms with E-state index < -0.39 is 8.60 Å². The summed E-state index contributed by atoms with van der Waals surface area (Å²) in [4.78, 5) is 0. The van der Waals surface area contributed by atoms with Gasteiger partial charge in [-0.15, -0.1) is 0 Å². The van der Waals surface area contributed by atoms with Crippen molar-refractivity contribution in [2.75, 3.05) is 19.8 Å². The first-order valence-corrected chi connectivity index (χ1v) is 5.15. The Morgan fingerprint density at radius 1 is 1.36 bits per heavy atom. The minimum absolute atomic E-state index is 0.564. The molecule has 0 unspecified atom stereocenters. The summed E-state index contributed by atoms with van der Waals surface area (Å²) in [5.74, 6) is 0.564. The van der Waals surface area contributed by atoms with Gasteiger partial charge in [-0.25, -0.2) is 0 Å². The fourth-order valence-corrected chi connectivity index (χ4v) is 1.93. The zero-order chi connectivity index (χ0) is 8.10. The molecule has 1 saturated heterocycles. The molecule has 0 radical (unpaired) electrons. The van der Waals surface area contributed by atoms with Crippen molar-refractivity contribution in [1.82, 2.24) is 0 Å². The van der Waals surface area contributed by atoms with Gasteiger partial charge in [0.1, 0.15) is 0 Å². The van der Waals surface area contributed by atoms with Crippen LogP contribution in [0.3, 0.4) is 0 Å². The molecule has 3 nitrogen and oxygen atoms in total. The maximum absolute atomic E-state index is 5.34. The van der Waals surface area contributed by atoms with Gasteiger partial charge in [0, 0.05) is 5.92 Å². The van der Waals surface area contributed by atoms with E-state index in [1.165, 1.54) is 0 Å². The molecule has 1 fully saturated rings. The first-order chi connectivity index (χ1) is 5.36. The average molecular weight is 178 g/mol. The second kappa shape index (κ2) is 5.04. The van der Waals surface area contributed by atoms with Gasteiger partial charge in [-0.1, -0.05) is 6.92 Å². The molecule has 4 heteroatoms. The molecule has 0 bridgehead atoms. The van der Waals surface area contributed by atoms with E-state index >= 15 is 0 Å². The summed E-state index contributed by atoms with van der Waals surface area (Å²) in [5.41, 5.74) is 0. The van der Waals surface area contributed by atoms with Crippen molar-refractivity contribution in [2.45, 2.75) is 20.3 Å².